The van der Waals surface area contributed by atoms with Gasteiger partial charge in [-0.2, -0.15) is 0 Å². The molecule has 6 heteroatoms. The number of H-pyrrole nitrogens is 1. The molecule has 3 atom stereocenters. The summed E-state index contributed by atoms with van der Waals surface area (Å²) in [6, 6.07) is 18.1. The van der Waals surface area contributed by atoms with Gasteiger partial charge in [0.15, 0.2) is 0 Å². The van der Waals surface area contributed by atoms with Crippen molar-refractivity contribution in [2.24, 2.45) is 11.8 Å². The summed E-state index contributed by atoms with van der Waals surface area (Å²) in [6.45, 7) is 0.148. The predicted octanol–water partition coefficient (Wildman–Crippen LogP) is 3.37. The van der Waals surface area contributed by atoms with Gasteiger partial charge in [0.2, 0.25) is 17.7 Å². The minimum atomic E-state index is -0.320. The highest BCUT2D eigenvalue weighted by Crippen LogP contribution is 2.35. The van der Waals surface area contributed by atoms with Crippen LogP contribution in [0.5, 0.6) is 0 Å². The van der Waals surface area contributed by atoms with Gasteiger partial charge in [-0.25, -0.2) is 0 Å². The van der Waals surface area contributed by atoms with Gasteiger partial charge in [0.25, 0.3) is 0 Å². The van der Waals surface area contributed by atoms with E-state index >= 15 is 0 Å². The van der Waals surface area contributed by atoms with Crippen molar-refractivity contribution >= 4 is 28.6 Å². The number of aromatic amines is 1. The minimum absolute atomic E-state index is 0.0620. The second-order valence-corrected chi connectivity index (χ2v) is 8.48. The predicted molar refractivity (Wildman–Crippen MR) is 122 cm³/mol. The Morgan fingerprint density at radius 2 is 1.62 bits per heavy atom. The molecule has 2 N–H and O–H groups in total. The molecule has 0 spiro atoms. The van der Waals surface area contributed by atoms with E-state index in [1.165, 1.54) is 0 Å². The fourth-order valence-electron chi connectivity index (χ4n) is 4.92. The zero-order valence-corrected chi connectivity index (χ0v) is 17.7. The lowest BCUT2D eigenvalue weighted by molar-refractivity contribution is -0.143. The molecule has 0 unspecified atom stereocenters. The number of likely N-dealkylation sites (tertiary alicyclic amines) is 1. The maximum absolute atomic E-state index is 12.8. The van der Waals surface area contributed by atoms with Crippen LogP contribution in [0.4, 0.5) is 0 Å². The van der Waals surface area contributed by atoms with E-state index in [1.54, 1.807) is 0 Å². The molecule has 3 aromatic rings. The van der Waals surface area contributed by atoms with Gasteiger partial charge in [0.1, 0.15) is 6.54 Å². The van der Waals surface area contributed by atoms with Crippen molar-refractivity contribution < 1.29 is 14.4 Å². The van der Waals surface area contributed by atoms with Gasteiger partial charge in [-0.05, 0) is 30.0 Å². The zero-order chi connectivity index (χ0) is 22.1. The highest BCUT2D eigenvalue weighted by atomic mass is 16.2. The molecule has 162 valence electrons. The highest BCUT2D eigenvalue weighted by molar-refractivity contribution is 6.07. The first-order valence-electron chi connectivity index (χ1n) is 11.0. The molecule has 5 rings (SSSR count). The number of nitrogens with one attached hydrogen (secondary N) is 2. The zero-order valence-electron chi connectivity index (χ0n) is 17.7. The van der Waals surface area contributed by atoms with Gasteiger partial charge in [0, 0.05) is 29.6 Å². The van der Waals surface area contributed by atoms with Gasteiger partial charge in [-0.1, -0.05) is 60.7 Å². The Bertz CT molecular complexity index is 1170. The van der Waals surface area contributed by atoms with E-state index in [-0.39, 0.29) is 42.0 Å². The van der Waals surface area contributed by atoms with Crippen molar-refractivity contribution in [3.8, 4) is 0 Å². The first-order chi connectivity index (χ1) is 15.6. The summed E-state index contributed by atoms with van der Waals surface area (Å²) in [5.74, 6) is -1.47. The number of allylic oxidation sites excluding steroid dienone is 2. The normalized spacial score (nSPS) is 21.1. The van der Waals surface area contributed by atoms with Crippen molar-refractivity contribution in [3.05, 3.63) is 84.1 Å². The average Bonchev–Trinajstić information content (AvgIpc) is 3.36. The van der Waals surface area contributed by atoms with Gasteiger partial charge in [-0.3, -0.25) is 19.3 Å². The summed E-state index contributed by atoms with van der Waals surface area (Å²) in [4.78, 5) is 42.6. The monoisotopic (exact) mass is 427 g/mol. The molecule has 32 heavy (non-hydrogen) atoms. The third-order valence-corrected chi connectivity index (χ3v) is 6.60. The molecule has 1 aliphatic carbocycles. The molecule has 1 fully saturated rings. The van der Waals surface area contributed by atoms with Crippen LogP contribution in [0.2, 0.25) is 0 Å². The number of carbonyl (C=O) groups is 3. The first-order valence-corrected chi connectivity index (χ1v) is 11.0. The van der Waals surface area contributed by atoms with Crippen molar-refractivity contribution in [1.29, 1.82) is 0 Å². The van der Waals surface area contributed by atoms with Crippen LogP contribution in [-0.4, -0.2) is 40.7 Å². The molecular formula is C26H25N3O3. The third-order valence-electron chi connectivity index (χ3n) is 6.60. The molecule has 2 aromatic carbocycles. The van der Waals surface area contributed by atoms with E-state index in [4.69, 9.17) is 0 Å². The summed E-state index contributed by atoms with van der Waals surface area (Å²) in [7, 11) is 0. The number of hydrogen-bond acceptors (Lipinski definition) is 3. The van der Waals surface area contributed by atoms with Gasteiger partial charge >= 0.3 is 0 Å². The minimum Gasteiger partial charge on any atom is -0.361 e. The van der Waals surface area contributed by atoms with Crippen LogP contribution in [0.25, 0.3) is 10.9 Å². The van der Waals surface area contributed by atoms with E-state index in [9.17, 15) is 14.4 Å². The second kappa shape index (κ2) is 8.46. The Labute approximate surface area is 186 Å². The Hall–Kier alpha value is -3.67. The summed E-state index contributed by atoms with van der Waals surface area (Å²) < 4.78 is 0. The Morgan fingerprint density at radius 3 is 2.34 bits per heavy atom. The number of nitrogens with zero attached hydrogens (tertiary/aromatic N) is 1. The van der Waals surface area contributed by atoms with Gasteiger partial charge < -0.3 is 10.3 Å². The molecule has 1 aliphatic heterocycles. The SMILES string of the molecule is O=C(CN1C(=O)[C@H]2CC=CC[C@H]2C1=O)NC[C@H](c1ccccc1)c1c[nH]c2ccccc12. The summed E-state index contributed by atoms with van der Waals surface area (Å²) in [5, 5.41) is 4.08. The number of benzene rings is 2. The quantitative estimate of drug-likeness (QED) is 0.467. The highest BCUT2D eigenvalue weighted by Gasteiger charge is 2.47. The Kier molecular flexibility index (Phi) is 5.35. The molecule has 1 aromatic heterocycles. The molecular weight excluding hydrogens is 402 g/mol. The largest absolute Gasteiger partial charge is 0.361 e. The molecule has 3 amide bonds. The van der Waals surface area contributed by atoms with E-state index < -0.39 is 0 Å². The van der Waals surface area contributed by atoms with Crippen LogP contribution < -0.4 is 5.32 Å². The summed E-state index contributed by atoms with van der Waals surface area (Å²) in [5.41, 5.74) is 3.22. The number of para-hydroxylation sites is 1. The molecule has 6 nitrogen and oxygen atoms in total. The number of carbonyl (C=O) groups excluding carboxylic acids is 3. The topological polar surface area (TPSA) is 82.3 Å². The number of rotatable bonds is 6. The van der Waals surface area contributed by atoms with Crippen molar-refractivity contribution in [3.63, 3.8) is 0 Å². The van der Waals surface area contributed by atoms with Gasteiger partial charge in [-0.15, -0.1) is 0 Å². The molecule has 1 saturated heterocycles. The van der Waals surface area contributed by atoms with E-state index in [0.29, 0.717) is 19.4 Å². The molecule has 2 aliphatic rings. The standard InChI is InChI=1S/C26H25N3O3/c30-24(16-29-25(31)19-11-4-5-12-20(19)26(29)32)28-14-21(17-8-2-1-3-9-17)22-15-27-23-13-7-6-10-18(22)23/h1-10,13,15,19-21,27H,11-12,14,16H2,(H,28,30)/t19-,20+,21-/m1/s1. The lowest BCUT2D eigenvalue weighted by Gasteiger charge is -2.20. The second-order valence-electron chi connectivity index (χ2n) is 8.48. The van der Waals surface area contributed by atoms with Crippen LogP contribution >= 0.6 is 0 Å². The Morgan fingerprint density at radius 1 is 0.969 bits per heavy atom. The van der Waals surface area contributed by atoms with Gasteiger partial charge in [0.05, 0.1) is 11.8 Å². The molecule has 2 heterocycles. The number of hydrogen-bond donors (Lipinski definition) is 2. The average molecular weight is 428 g/mol. The number of amides is 3. The van der Waals surface area contributed by atoms with E-state index in [2.05, 4.69) is 16.4 Å². The van der Waals surface area contributed by atoms with Crippen molar-refractivity contribution in [1.82, 2.24) is 15.2 Å². The number of imide groups is 1. The van der Waals surface area contributed by atoms with Crippen LogP contribution in [0.15, 0.2) is 72.9 Å². The third kappa shape index (κ3) is 3.62. The van der Waals surface area contributed by atoms with Crippen LogP contribution in [-0.2, 0) is 14.4 Å². The first kappa shape index (κ1) is 20.2. The van der Waals surface area contributed by atoms with Crippen molar-refractivity contribution in [2.45, 2.75) is 18.8 Å². The molecule has 0 saturated carbocycles. The number of aromatic nitrogens is 1. The number of fused-ring (bicyclic) bond motifs is 2. The fraction of sp³-hybridized carbons (Fsp3) is 0.269. The van der Waals surface area contributed by atoms with E-state index in [1.807, 2.05) is 66.9 Å². The van der Waals surface area contributed by atoms with Crippen molar-refractivity contribution in [2.75, 3.05) is 13.1 Å². The molecule has 0 bridgehead atoms. The van der Waals surface area contributed by atoms with Crippen LogP contribution in [0, 0.1) is 11.8 Å². The smallest absolute Gasteiger partial charge is 0.240 e. The molecule has 0 radical (unpaired) electrons. The van der Waals surface area contributed by atoms with Crippen LogP contribution in [0.1, 0.15) is 29.9 Å². The Balaban J connectivity index is 1.32. The lowest BCUT2D eigenvalue weighted by Crippen LogP contribution is -2.42. The van der Waals surface area contributed by atoms with E-state index in [0.717, 1.165) is 26.9 Å². The summed E-state index contributed by atoms with van der Waals surface area (Å²) in [6.07, 6.45) is 7.02. The van der Waals surface area contributed by atoms with Crippen LogP contribution in [0.3, 0.4) is 0 Å². The maximum atomic E-state index is 12.8. The summed E-state index contributed by atoms with van der Waals surface area (Å²) >= 11 is 0. The lowest BCUT2D eigenvalue weighted by atomic mass is 9.85. The maximum Gasteiger partial charge on any atom is 0.240 e. The fourth-order valence-corrected chi connectivity index (χ4v) is 4.92.